The molecule has 0 radical (unpaired) electrons. The highest BCUT2D eigenvalue weighted by molar-refractivity contribution is 7.40. The van der Waals surface area contributed by atoms with Crippen LogP contribution >= 0.6 is 8.03 Å². The van der Waals surface area contributed by atoms with Gasteiger partial charge in [-0.2, -0.15) is 0 Å². The summed E-state index contributed by atoms with van der Waals surface area (Å²) in [6.45, 7) is 0. The molecule has 2 rings (SSSR count). The van der Waals surface area contributed by atoms with E-state index in [0.29, 0.717) is 5.75 Å². The molecule has 2 atom stereocenters. The van der Waals surface area contributed by atoms with Gasteiger partial charge >= 0.3 is 5.97 Å². The predicted octanol–water partition coefficient (Wildman–Crippen LogP) is 1.81. The lowest BCUT2D eigenvalue weighted by Gasteiger charge is -2.24. The summed E-state index contributed by atoms with van der Waals surface area (Å²) in [4.78, 5) is 10.5. The molecule has 1 aromatic carbocycles. The van der Waals surface area contributed by atoms with Crippen LogP contribution in [0.2, 0.25) is 0 Å². The van der Waals surface area contributed by atoms with Gasteiger partial charge in [0.15, 0.2) is 5.85 Å². The fourth-order valence-electron chi connectivity index (χ4n) is 1.10. The quantitative estimate of drug-likeness (QED) is 0.566. The second kappa shape index (κ2) is 3.84. The first-order chi connectivity index (χ1) is 6.75. The molecule has 0 N–H and O–H groups in total. The van der Waals surface area contributed by atoms with E-state index in [4.69, 9.17) is 4.52 Å². The van der Waals surface area contributed by atoms with E-state index in [0.717, 1.165) is 0 Å². The average molecular weight is 212 g/mol. The number of hydrogen-bond acceptors (Lipinski definition) is 4. The molecule has 1 saturated heterocycles. The van der Waals surface area contributed by atoms with E-state index in [-0.39, 0.29) is 12.4 Å². The number of carbonyl (C=O) groups excluding carboxylic acids is 1. The van der Waals surface area contributed by atoms with E-state index in [1.807, 2.05) is 6.07 Å². The lowest BCUT2D eigenvalue weighted by molar-refractivity contribution is -0.161. The highest BCUT2D eigenvalue weighted by atomic mass is 31.1. The van der Waals surface area contributed by atoms with E-state index in [1.165, 1.54) is 0 Å². The van der Waals surface area contributed by atoms with Gasteiger partial charge in [-0.05, 0) is 12.1 Å². The van der Waals surface area contributed by atoms with Crippen LogP contribution < -0.4 is 4.52 Å². The van der Waals surface area contributed by atoms with Crippen molar-refractivity contribution in [3.8, 4) is 5.75 Å². The number of para-hydroxylation sites is 1. The summed E-state index contributed by atoms with van der Waals surface area (Å²) in [5.41, 5.74) is 0. The minimum Gasteiger partial charge on any atom is -0.450 e. The Morgan fingerprint density at radius 2 is 2.00 bits per heavy atom. The molecule has 2 unspecified atom stereocenters. The van der Waals surface area contributed by atoms with Crippen LogP contribution in [-0.2, 0) is 14.1 Å². The van der Waals surface area contributed by atoms with Crippen molar-refractivity contribution in [2.75, 3.05) is 0 Å². The summed E-state index contributed by atoms with van der Waals surface area (Å²) in [6.07, 6.45) is 0.199. The van der Waals surface area contributed by atoms with Crippen molar-refractivity contribution in [2.45, 2.75) is 12.3 Å². The molecule has 1 aliphatic heterocycles. The number of carbonyl (C=O) groups is 1. The van der Waals surface area contributed by atoms with Crippen molar-refractivity contribution < 1.29 is 18.6 Å². The molecular weight excluding hydrogens is 203 g/mol. The Labute approximate surface area is 81.7 Å². The molecule has 1 aromatic rings. The van der Waals surface area contributed by atoms with Crippen LogP contribution in [0.1, 0.15) is 6.42 Å². The van der Waals surface area contributed by atoms with E-state index in [2.05, 4.69) is 4.74 Å². The van der Waals surface area contributed by atoms with Crippen molar-refractivity contribution in [3.05, 3.63) is 30.3 Å². The monoisotopic (exact) mass is 212 g/mol. The van der Waals surface area contributed by atoms with Crippen molar-refractivity contribution >= 4 is 14.0 Å². The minimum absolute atomic E-state index is 0.199. The zero-order chi connectivity index (χ0) is 9.97. The van der Waals surface area contributed by atoms with E-state index < -0.39 is 13.9 Å². The summed E-state index contributed by atoms with van der Waals surface area (Å²) in [5, 5.41) is 0. The standard InChI is InChI=1S/C9H9O4P/c10-8-6-9(12-8)14(11)13-7-4-2-1-3-5-7/h1-5,9,14H,6H2. The topological polar surface area (TPSA) is 52.6 Å². The predicted molar refractivity (Wildman–Crippen MR) is 50.6 cm³/mol. The third kappa shape index (κ3) is 1.96. The highest BCUT2D eigenvalue weighted by Gasteiger charge is 2.34. The molecule has 74 valence electrons. The number of cyclic esters (lactones) is 1. The molecule has 0 aromatic heterocycles. The molecule has 0 amide bonds. The van der Waals surface area contributed by atoms with Gasteiger partial charge in [-0.1, -0.05) is 18.2 Å². The maximum absolute atomic E-state index is 11.4. The Balaban J connectivity index is 1.92. The molecule has 1 heterocycles. The molecular formula is C9H9O4P. The van der Waals surface area contributed by atoms with Crippen molar-refractivity contribution in [1.82, 2.24) is 0 Å². The van der Waals surface area contributed by atoms with Gasteiger partial charge in [-0.25, -0.2) is 0 Å². The maximum Gasteiger partial charge on any atom is 0.311 e. The Hall–Kier alpha value is -1.28. The Morgan fingerprint density at radius 1 is 1.36 bits per heavy atom. The Morgan fingerprint density at radius 3 is 2.57 bits per heavy atom. The van der Waals surface area contributed by atoms with E-state index in [9.17, 15) is 9.36 Å². The number of benzene rings is 1. The normalized spacial score (nSPS) is 22.0. The van der Waals surface area contributed by atoms with Crippen LogP contribution in [0.25, 0.3) is 0 Å². The van der Waals surface area contributed by atoms with Gasteiger partial charge in [0.2, 0.25) is 0 Å². The van der Waals surface area contributed by atoms with Gasteiger partial charge < -0.3 is 9.26 Å². The van der Waals surface area contributed by atoms with Crippen molar-refractivity contribution in [2.24, 2.45) is 0 Å². The fraction of sp³-hybridized carbons (Fsp3) is 0.222. The Bertz CT molecular complexity index is 354. The van der Waals surface area contributed by atoms with Crippen molar-refractivity contribution in [1.29, 1.82) is 0 Å². The molecule has 0 aliphatic carbocycles. The second-order valence-electron chi connectivity index (χ2n) is 2.92. The average Bonchev–Trinajstić information content (AvgIpc) is 2.14. The largest absolute Gasteiger partial charge is 0.450 e. The first-order valence-corrected chi connectivity index (χ1v) is 5.61. The molecule has 0 saturated carbocycles. The van der Waals surface area contributed by atoms with Gasteiger partial charge in [0.25, 0.3) is 8.03 Å². The number of hydrogen-bond donors (Lipinski definition) is 0. The summed E-state index contributed by atoms with van der Waals surface area (Å²) in [6, 6.07) is 8.84. The van der Waals surface area contributed by atoms with Gasteiger partial charge in [-0.3, -0.25) is 9.36 Å². The summed E-state index contributed by atoms with van der Waals surface area (Å²) in [5.74, 6) is -0.308. The van der Waals surface area contributed by atoms with Crippen LogP contribution in [0.4, 0.5) is 0 Å². The van der Waals surface area contributed by atoms with Gasteiger partial charge in [-0.15, -0.1) is 0 Å². The first kappa shape index (κ1) is 9.28. The van der Waals surface area contributed by atoms with E-state index in [1.54, 1.807) is 24.3 Å². The van der Waals surface area contributed by atoms with Gasteiger partial charge in [0.05, 0.1) is 6.42 Å². The number of rotatable bonds is 3. The Kier molecular flexibility index (Phi) is 2.55. The van der Waals surface area contributed by atoms with Crippen LogP contribution in [0.15, 0.2) is 30.3 Å². The molecule has 0 spiro atoms. The summed E-state index contributed by atoms with van der Waals surface area (Å²) >= 11 is 0. The SMILES string of the molecule is O=C1CC([PH](=O)Oc2ccccc2)O1. The highest BCUT2D eigenvalue weighted by Crippen LogP contribution is 2.38. The summed E-state index contributed by atoms with van der Waals surface area (Å²) in [7, 11) is -2.31. The van der Waals surface area contributed by atoms with Crippen LogP contribution in [0, 0.1) is 0 Å². The third-order valence-corrected chi connectivity index (χ3v) is 3.13. The van der Waals surface area contributed by atoms with Gasteiger partial charge in [0.1, 0.15) is 5.75 Å². The second-order valence-corrected chi connectivity index (χ2v) is 4.40. The maximum atomic E-state index is 11.4. The molecule has 1 fully saturated rings. The summed E-state index contributed by atoms with van der Waals surface area (Å²) < 4.78 is 21.2. The zero-order valence-corrected chi connectivity index (χ0v) is 8.30. The lowest BCUT2D eigenvalue weighted by atomic mass is 10.3. The number of esters is 1. The van der Waals surface area contributed by atoms with Crippen LogP contribution in [0.5, 0.6) is 5.75 Å². The molecule has 4 nitrogen and oxygen atoms in total. The third-order valence-electron chi connectivity index (χ3n) is 1.85. The van der Waals surface area contributed by atoms with Crippen LogP contribution in [0.3, 0.4) is 0 Å². The van der Waals surface area contributed by atoms with Crippen LogP contribution in [-0.4, -0.2) is 11.8 Å². The smallest absolute Gasteiger partial charge is 0.311 e. The molecule has 0 bridgehead atoms. The van der Waals surface area contributed by atoms with E-state index >= 15 is 0 Å². The fourth-order valence-corrected chi connectivity index (χ4v) is 2.16. The molecule has 5 heteroatoms. The van der Waals surface area contributed by atoms with Gasteiger partial charge in [0, 0.05) is 0 Å². The minimum atomic E-state index is -2.31. The lowest BCUT2D eigenvalue weighted by Crippen LogP contribution is -2.30. The first-order valence-electron chi connectivity index (χ1n) is 4.22. The molecule has 1 aliphatic rings. The molecule has 14 heavy (non-hydrogen) atoms. The zero-order valence-electron chi connectivity index (χ0n) is 7.30. The number of ether oxygens (including phenoxy) is 1. The van der Waals surface area contributed by atoms with Crippen molar-refractivity contribution in [3.63, 3.8) is 0 Å².